The van der Waals surface area contributed by atoms with Crippen LogP contribution in [-0.4, -0.2) is 21.1 Å². The Bertz CT molecular complexity index is 1070. The van der Waals surface area contributed by atoms with Gasteiger partial charge in [-0.1, -0.05) is 54.7 Å². The van der Waals surface area contributed by atoms with E-state index in [-0.39, 0.29) is 0 Å². The van der Waals surface area contributed by atoms with Crippen molar-refractivity contribution in [1.29, 1.82) is 0 Å². The lowest BCUT2D eigenvalue weighted by Crippen LogP contribution is -2.04. The average Bonchev–Trinajstić information content (AvgIpc) is 3.30. The van der Waals surface area contributed by atoms with Crippen molar-refractivity contribution in [3.8, 4) is 16.6 Å². The zero-order valence-corrected chi connectivity index (χ0v) is 16.7. The maximum atomic E-state index is 5.93. The molecule has 0 spiro atoms. The van der Waals surface area contributed by atoms with Crippen molar-refractivity contribution >= 4 is 45.2 Å². The number of hydrogen-bond donors (Lipinski definition) is 0. The molecular weight excluding hydrogens is 382 g/mol. The normalized spacial score (nSPS) is 11.1. The van der Waals surface area contributed by atoms with Gasteiger partial charge in [-0.3, -0.25) is 0 Å². The lowest BCUT2D eigenvalue weighted by atomic mass is 10.2. The Morgan fingerprint density at radius 2 is 1.96 bits per heavy atom. The number of rotatable bonds is 6. The van der Waals surface area contributed by atoms with Crippen LogP contribution in [0.2, 0.25) is 0 Å². The molecule has 4 rings (SSSR count). The molecule has 0 bridgehead atoms. The van der Waals surface area contributed by atoms with Crippen LogP contribution < -0.4 is 4.74 Å². The van der Waals surface area contributed by atoms with E-state index in [9.17, 15) is 0 Å². The van der Waals surface area contributed by atoms with Gasteiger partial charge in [0.25, 0.3) is 0 Å². The summed E-state index contributed by atoms with van der Waals surface area (Å²) in [6.07, 6.45) is 0.927. The zero-order chi connectivity index (χ0) is 17.9. The van der Waals surface area contributed by atoms with E-state index >= 15 is 0 Å². The van der Waals surface area contributed by atoms with Crippen LogP contribution in [0.5, 0.6) is 5.88 Å². The molecule has 0 aliphatic heterocycles. The Hall–Kier alpha value is -2.09. The first-order valence-electron chi connectivity index (χ1n) is 8.38. The Labute approximate surface area is 164 Å². The fourth-order valence-electron chi connectivity index (χ4n) is 2.64. The van der Waals surface area contributed by atoms with Gasteiger partial charge in [0.15, 0.2) is 15.4 Å². The van der Waals surface area contributed by atoms with Gasteiger partial charge in [-0.05, 0) is 35.6 Å². The van der Waals surface area contributed by atoms with Crippen molar-refractivity contribution in [2.75, 3.05) is 6.61 Å². The number of aromatic nitrogens is 3. The summed E-state index contributed by atoms with van der Waals surface area (Å²) >= 11 is 8.76. The largest absolute Gasteiger partial charge is 0.477 e. The first-order chi connectivity index (χ1) is 12.8. The lowest BCUT2D eigenvalue weighted by Gasteiger charge is -2.08. The molecular formula is C19H17N3OS3. The molecule has 0 atom stereocenters. The topological polar surface area (TPSA) is 39.9 Å². The molecule has 0 amide bonds. The van der Waals surface area contributed by atoms with Crippen LogP contribution in [0.25, 0.3) is 21.0 Å². The van der Waals surface area contributed by atoms with Gasteiger partial charge in [-0.2, -0.15) is 4.98 Å². The number of benzene rings is 1. The van der Waals surface area contributed by atoms with Gasteiger partial charge >= 0.3 is 0 Å². The van der Waals surface area contributed by atoms with Gasteiger partial charge in [-0.25, -0.2) is 4.98 Å². The van der Waals surface area contributed by atoms with Crippen LogP contribution in [0.4, 0.5) is 0 Å². The van der Waals surface area contributed by atoms with Crippen molar-refractivity contribution in [3.05, 3.63) is 57.4 Å². The number of thiophene rings is 1. The Kier molecular flexibility index (Phi) is 5.10. The third-order valence-corrected chi connectivity index (χ3v) is 6.14. The highest BCUT2D eigenvalue weighted by molar-refractivity contribution is 7.73. The zero-order valence-electron chi connectivity index (χ0n) is 14.2. The fourth-order valence-corrected chi connectivity index (χ4v) is 4.57. The van der Waals surface area contributed by atoms with Crippen molar-refractivity contribution in [1.82, 2.24) is 14.5 Å². The van der Waals surface area contributed by atoms with E-state index in [4.69, 9.17) is 21.9 Å². The van der Waals surface area contributed by atoms with Gasteiger partial charge in [0.1, 0.15) is 4.70 Å². The Morgan fingerprint density at radius 3 is 2.69 bits per heavy atom. The van der Waals surface area contributed by atoms with Crippen LogP contribution in [-0.2, 0) is 6.54 Å². The standard InChI is InChI=1S/C19H17N3OS3/c1-2-10-23-18-15-17(20-16(21-18)14-9-6-11-25-14)22(19(24)26-15)12-13-7-4-3-5-8-13/h3-9,11H,2,10,12H2,1H3. The number of nitrogens with zero attached hydrogens (tertiary/aromatic N) is 3. The van der Waals surface area contributed by atoms with Crippen LogP contribution in [0.15, 0.2) is 47.8 Å². The highest BCUT2D eigenvalue weighted by atomic mass is 32.1. The quantitative estimate of drug-likeness (QED) is 0.385. The van der Waals surface area contributed by atoms with E-state index in [1.165, 1.54) is 16.9 Å². The number of hydrogen-bond acceptors (Lipinski definition) is 6. The minimum Gasteiger partial charge on any atom is -0.477 e. The second kappa shape index (κ2) is 7.65. The van der Waals surface area contributed by atoms with Gasteiger partial charge in [0.2, 0.25) is 5.88 Å². The first-order valence-corrected chi connectivity index (χ1v) is 10.5. The van der Waals surface area contributed by atoms with E-state index in [0.717, 1.165) is 25.6 Å². The second-order valence-electron chi connectivity index (χ2n) is 5.77. The van der Waals surface area contributed by atoms with E-state index in [0.29, 0.717) is 24.9 Å². The molecule has 4 aromatic rings. The van der Waals surface area contributed by atoms with Crippen LogP contribution in [0.3, 0.4) is 0 Å². The van der Waals surface area contributed by atoms with Crippen molar-refractivity contribution in [3.63, 3.8) is 0 Å². The molecule has 0 N–H and O–H groups in total. The maximum Gasteiger partial charge on any atom is 0.237 e. The fraction of sp³-hybridized carbons (Fsp3) is 0.211. The summed E-state index contributed by atoms with van der Waals surface area (Å²) in [7, 11) is 0. The summed E-state index contributed by atoms with van der Waals surface area (Å²) in [6.45, 7) is 3.40. The molecule has 0 aliphatic rings. The predicted octanol–water partition coefficient (Wildman–Crippen LogP) is 5.79. The third kappa shape index (κ3) is 3.42. The van der Waals surface area contributed by atoms with E-state index in [2.05, 4.69) is 28.6 Å². The minimum atomic E-state index is 0.624. The van der Waals surface area contributed by atoms with Gasteiger partial charge in [0, 0.05) is 0 Å². The molecule has 0 fully saturated rings. The van der Waals surface area contributed by atoms with Gasteiger partial charge < -0.3 is 9.30 Å². The van der Waals surface area contributed by atoms with Crippen molar-refractivity contribution in [2.24, 2.45) is 0 Å². The lowest BCUT2D eigenvalue weighted by molar-refractivity contribution is 0.310. The molecule has 0 saturated heterocycles. The average molecular weight is 400 g/mol. The molecule has 3 heterocycles. The van der Waals surface area contributed by atoms with Crippen LogP contribution in [0, 0.1) is 3.95 Å². The highest BCUT2D eigenvalue weighted by Gasteiger charge is 2.17. The van der Waals surface area contributed by atoms with Crippen molar-refractivity contribution in [2.45, 2.75) is 19.9 Å². The van der Waals surface area contributed by atoms with Gasteiger partial charge in [-0.15, -0.1) is 11.3 Å². The SMILES string of the molecule is CCCOc1nc(-c2cccs2)nc2c1sc(=S)n2Cc1ccccc1. The van der Waals surface area contributed by atoms with E-state index < -0.39 is 0 Å². The monoisotopic (exact) mass is 399 g/mol. The Balaban J connectivity index is 1.88. The summed E-state index contributed by atoms with van der Waals surface area (Å²) < 4.78 is 9.70. The molecule has 0 saturated carbocycles. The first kappa shape index (κ1) is 17.3. The van der Waals surface area contributed by atoms with E-state index in [1.807, 2.05) is 35.7 Å². The Morgan fingerprint density at radius 1 is 1.12 bits per heavy atom. The smallest absolute Gasteiger partial charge is 0.237 e. The molecule has 0 aliphatic carbocycles. The van der Waals surface area contributed by atoms with Gasteiger partial charge in [0.05, 0.1) is 18.0 Å². The van der Waals surface area contributed by atoms with Crippen LogP contribution in [0.1, 0.15) is 18.9 Å². The maximum absolute atomic E-state index is 5.93. The molecule has 0 radical (unpaired) electrons. The van der Waals surface area contributed by atoms with Crippen LogP contribution >= 0.6 is 34.9 Å². The summed E-state index contributed by atoms with van der Waals surface area (Å²) in [5.41, 5.74) is 2.03. The van der Waals surface area contributed by atoms with Crippen molar-refractivity contribution < 1.29 is 4.74 Å². The summed E-state index contributed by atoms with van der Waals surface area (Å²) in [6, 6.07) is 14.3. The molecule has 132 valence electrons. The predicted molar refractivity (Wildman–Crippen MR) is 111 cm³/mol. The summed E-state index contributed by atoms with van der Waals surface area (Å²) in [4.78, 5) is 10.5. The third-order valence-electron chi connectivity index (χ3n) is 3.85. The number of fused-ring (bicyclic) bond motifs is 1. The minimum absolute atomic E-state index is 0.624. The molecule has 7 heteroatoms. The number of ether oxygens (including phenoxy) is 1. The number of thiazole rings is 1. The molecule has 1 aromatic carbocycles. The van der Waals surface area contributed by atoms with E-state index in [1.54, 1.807) is 11.3 Å². The molecule has 3 aromatic heterocycles. The second-order valence-corrected chi connectivity index (χ2v) is 8.36. The molecule has 26 heavy (non-hydrogen) atoms. The summed E-state index contributed by atoms with van der Waals surface area (Å²) in [5, 5.41) is 2.03. The summed E-state index contributed by atoms with van der Waals surface area (Å²) in [5.74, 6) is 1.32. The molecule has 0 unspecified atom stereocenters. The highest BCUT2D eigenvalue weighted by Crippen LogP contribution is 2.33. The molecule has 4 nitrogen and oxygen atoms in total.